The minimum atomic E-state index is -0.441. The number of nitrogens with zero attached hydrogens (tertiary/aromatic N) is 4. The number of benzene rings is 1. The Balaban J connectivity index is 1.88. The summed E-state index contributed by atoms with van der Waals surface area (Å²) in [6.07, 6.45) is 0. The van der Waals surface area contributed by atoms with Gasteiger partial charge in [-0.1, -0.05) is 15.7 Å². The molecule has 0 bridgehead atoms. The quantitative estimate of drug-likeness (QED) is 0.758. The van der Waals surface area contributed by atoms with Crippen molar-refractivity contribution in [2.75, 3.05) is 11.9 Å². The third kappa shape index (κ3) is 1.97. The number of hydrogen-bond donors (Lipinski definition) is 1. The summed E-state index contributed by atoms with van der Waals surface area (Å²) in [7, 11) is 1.90. The summed E-state index contributed by atoms with van der Waals surface area (Å²) in [6.45, 7) is 0.641. The minimum absolute atomic E-state index is 0.441. The van der Waals surface area contributed by atoms with E-state index in [1.165, 1.54) is 11.5 Å². The molecule has 0 saturated heterocycles. The molecular weight excluding hydrogens is 254 g/mol. The van der Waals surface area contributed by atoms with Gasteiger partial charge in [0.25, 0.3) is 0 Å². The van der Waals surface area contributed by atoms with Gasteiger partial charge in [-0.3, -0.25) is 4.98 Å². The maximum Gasteiger partial charge on any atom is 0.417 e. The average molecular weight is 263 g/mol. The normalized spacial score (nSPS) is 10.9. The highest BCUT2D eigenvalue weighted by Gasteiger charge is 2.08. The Morgan fingerprint density at radius 1 is 1.50 bits per heavy atom. The molecule has 0 aliphatic carbocycles. The van der Waals surface area contributed by atoms with Gasteiger partial charge >= 0.3 is 5.76 Å². The van der Waals surface area contributed by atoms with Gasteiger partial charge in [0.2, 0.25) is 5.13 Å². The molecule has 0 saturated carbocycles. The highest BCUT2D eigenvalue weighted by Crippen LogP contribution is 2.17. The van der Waals surface area contributed by atoms with E-state index in [1.807, 2.05) is 30.1 Å². The maximum absolute atomic E-state index is 11.1. The SMILES string of the molecule is CN(Cc1ccc2[nH]c(=O)oc2c1)c1nnns1. The Kier molecular flexibility index (Phi) is 2.56. The minimum Gasteiger partial charge on any atom is -0.408 e. The number of aromatic amines is 1. The molecule has 0 aliphatic heterocycles. The van der Waals surface area contributed by atoms with Crippen LogP contribution < -0.4 is 10.7 Å². The molecule has 0 atom stereocenters. The van der Waals surface area contributed by atoms with Crippen LogP contribution in [0.25, 0.3) is 11.1 Å². The number of rotatable bonds is 3. The lowest BCUT2D eigenvalue weighted by atomic mass is 10.2. The molecule has 0 fully saturated rings. The molecule has 7 nitrogen and oxygen atoms in total. The van der Waals surface area contributed by atoms with Crippen molar-refractivity contribution in [2.45, 2.75) is 6.54 Å². The molecule has 3 aromatic rings. The second-order valence-corrected chi connectivity index (χ2v) is 4.56. The molecule has 0 aliphatic rings. The Hall–Kier alpha value is -2.22. The van der Waals surface area contributed by atoms with Gasteiger partial charge in [0.1, 0.15) is 0 Å². The third-order valence-corrected chi connectivity index (χ3v) is 3.23. The van der Waals surface area contributed by atoms with E-state index in [0.717, 1.165) is 10.7 Å². The largest absolute Gasteiger partial charge is 0.417 e. The number of H-pyrrole nitrogens is 1. The molecule has 0 radical (unpaired) electrons. The van der Waals surface area contributed by atoms with Crippen molar-refractivity contribution in [3.8, 4) is 0 Å². The van der Waals surface area contributed by atoms with E-state index in [0.29, 0.717) is 17.6 Å². The zero-order valence-electron chi connectivity index (χ0n) is 9.45. The first-order valence-corrected chi connectivity index (χ1v) is 5.97. The van der Waals surface area contributed by atoms with Crippen molar-refractivity contribution in [1.29, 1.82) is 0 Å². The highest BCUT2D eigenvalue weighted by molar-refractivity contribution is 7.09. The predicted octanol–water partition coefficient (Wildman–Crippen LogP) is 1.00. The van der Waals surface area contributed by atoms with E-state index < -0.39 is 5.76 Å². The van der Waals surface area contributed by atoms with Gasteiger partial charge in [-0.25, -0.2) is 4.79 Å². The second-order valence-electron chi connectivity index (χ2n) is 3.85. The van der Waals surface area contributed by atoms with E-state index >= 15 is 0 Å². The molecule has 8 heteroatoms. The standard InChI is InChI=1S/C10H9N5O2S/c1-15(9-12-13-14-18-9)5-6-2-3-7-8(4-6)17-10(16)11-7/h2-4H,5H2,1H3,(H,11,16). The van der Waals surface area contributed by atoms with Crippen LogP contribution in [-0.2, 0) is 6.54 Å². The first kappa shape index (κ1) is 10.9. The number of fused-ring (bicyclic) bond motifs is 1. The fourth-order valence-electron chi connectivity index (χ4n) is 1.71. The molecule has 92 valence electrons. The van der Waals surface area contributed by atoms with Gasteiger partial charge in [0.05, 0.1) is 5.52 Å². The van der Waals surface area contributed by atoms with Crippen LogP contribution >= 0.6 is 11.5 Å². The lowest BCUT2D eigenvalue weighted by Gasteiger charge is -2.13. The van der Waals surface area contributed by atoms with Crippen LogP contribution in [0.3, 0.4) is 0 Å². The molecule has 0 unspecified atom stereocenters. The zero-order valence-corrected chi connectivity index (χ0v) is 10.3. The van der Waals surface area contributed by atoms with Gasteiger partial charge in [0, 0.05) is 25.1 Å². The highest BCUT2D eigenvalue weighted by atomic mass is 32.1. The topological polar surface area (TPSA) is 87.9 Å². The molecule has 0 spiro atoms. The van der Waals surface area contributed by atoms with E-state index in [-0.39, 0.29) is 0 Å². The first-order chi connectivity index (χ1) is 8.72. The van der Waals surface area contributed by atoms with Crippen LogP contribution in [0.2, 0.25) is 0 Å². The molecule has 1 aromatic carbocycles. The van der Waals surface area contributed by atoms with Crippen LogP contribution in [0.1, 0.15) is 5.56 Å². The molecule has 3 rings (SSSR count). The number of anilines is 1. The van der Waals surface area contributed by atoms with Gasteiger partial charge in [-0.05, 0) is 22.9 Å². The van der Waals surface area contributed by atoms with Crippen LogP contribution in [0, 0.1) is 0 Å². The van der Waals surface area contributed by atoms with Crippen molar-refractivity contribution in [3.63, 3.8) is 0 Å². The fraction of sp³-hybridized carbons (Fsp3) is 0.200. The van der Waals surface area contributed by atoms with Crippen molar-refractivity contribution >= 4 is 27.8 Å². The van der Waals surface area contributed by atoms with Gasteiger partial charge in [-0.2, -0.15) is 0 Å². The van der Waals surface area contributed by atoms with E-state index in [1.54, 1.807) is 0 Å². The maximum atomic E-state index is 11.1. The summed E-state index contributed by atoms with van der Waals surface area (Å²) in [5.41, 5.74) is 2.27. The lowest BCUT2D eigenvalue weighted by molar-refractivity contribution is 0.555. The van der Waals surface area contributed by atoms with Crippen molar-refractivity contribution in [2.24, 2.45) is 0 Å². The molecular formula is C10H9N5O2S. The van der Waals surface area contributed by atoms with Crippen LogP contribution in [0.5, 0.6) is 0 Å². The van der Waals surface area contributed by atoms with Gasteiger partial charge in [-0.15, -0.1) is 0 Å². The summed E-state index contributed by atoms with van der Waals surface area (Å²) in [6, 6.07) is 5.58. The molecule has 0 amide bonds. The Morgan fingerprint density at radius 3 is 3.17 bits per heavy atom. The monoisotopic (exact) mass is 263 g/mol. The summed E-state index contributed by atoms with van der Waals surface area (Å²) in [4.78, 5) is 15.6. The van der Waals surface area contributed by atoms with Gasteiger partial charge < -0.3 is 9.32 Å². The average Bonchev–Trinajstić information content (AvgIpc) is 2.95. The molecule has 1 N–H and O–H groups in total. The lowest BCUT2D eigenvalue weighted by Crippen LogP contribution is -2.15. The molecule has 18 heavy (non-hydrogen) atoms. The summed E-state index contributed by atoms with van der Waals surface area (Å²) in [5.74, 6) is -0.441. The third-order valence-electron chi connectivity index (χ3n) is 2.52. The summed E-state index contributed by atoms with van der Waals surface area (Å²) >= 11 is 1.23. The van der Waals surface area contributed by atoms with Crippen molar-refractivity contribution in [1.82, 2.24) is 19.8 Å². The number of nitrogens with one attached hydrogen (secondary N) is 1. The second kappa shape index (κ2) is 4.22. The van der Waals surface area contributed by atoms with E-state index in [4.69, 9.17) is 4.42 Å². The number of oxazole rings is 1. The number of hydrogen-bond acceptors (Lipinski definition) is 7. The van der Waals surface area contributed by atoms with E-state index in [9.17, 15) is 4.79 Å². The van der Waals surface area contributed by atoms with Gasteiger partial charge in [0.15, 0.2) is 5.58 Å². The van der Waals surface area contributed by atoms with Crippen LogP contribution in [0.15, 0.2) is 27.4 Å². The fourth-order valence-corrected chi connectivity index (χ4v) is 2.13. The first-order valence-electron chi connectivity index (χ1n) is 5.20. The Labute approximate surface area is 105 Å². The van der Waals surface area contributed by atoms with Crippen LogP contribution in [-0.4, -0.2) is 26.8 Å². The Morgan fingerprint density at radius 2 is 2.39 bits per heavy atom. The predicted molar refractivity (Wildman–Crippen MR) is 66.6 cm³/mol. The number of aromatic nitrogens is 4. The smallest absolute Gasteiger partial charge is 0.408 e. The zero-order chi connectivity index (χ0) is 12.5. The summed E-state index contributed by atoms with van der Waals surface area (Å²) in [5, 5.41) is 8.17. The molecule has 2 heterocycles. The van der Waals surface area contributed by atoms with Crippen molar-refractivity contribution < 1.29 is 4.42 Å². The Bertz CT molecular complexity index is 717. The van der Waals surface area contributed by atoms with Crippen LogP contribution in [0.4, 0.5) is 5.13 Å². The molecule has 2 aromatic heterocycles. The van der Waals surface area contributed by atoms with E-state index in [2.05, 4.69) is 19.8 Å². The summed E-state index contributed by atoms with van der Waals surface area (Å²) < 4.78 is 8.73. The van der Waals surface area contributed by atoms with Crippen molar-refractivity contribution in [3.05, 3.63) is 34.3 Å².